The Kier molecular flexibility index (Phi) is 9.18. The molecule has 0 spiro atoms. The third-order valence-corrected chi connectivity index (χ3v) is 8.51. The summed E-state index contributed by atoms with van der Waals surface area (Å²) in [5.74, 6) is -5.51. The predicted octanol–water partition coefficient (Wildman–Crippen LogP) is 2.72. The number of carbonyl (C=O) groups is 5. The molecule has 1 heterocycles. The zero-order chi connectivity index (χ0) is 30.2. The second-order valence-corrected chi connectivity index (χ2v) is 11.2. The number of rotatable bonds is 5. The summed E-state index contributed by atoms with van der Waals surface area (Å²) in [6.45, 7) is 14.4. The fourth-order valence-electron chi connectivity index (χ4n) is 6.41. The van der Waals surface area contributed by atoms with Crippen LogP contribution in [0.15, 0.2) is 23.8 Å². The lowest BCUT2D eigenvalue weighted by Gasteiger charge is -2.56. The first-order valence-electron chi connectivity index (χ1n) is 13.6. The van der Waals surface area contributed by atoms with Crippen LogP contribution in [-0.2, 0) is 47.7 Å². The van der Waals surface area contributed by atoms with E-state index in [0.29, 0.717) is 6.42 Å². The monoisotopic (exact) mass is 564 g/mol. The van der Waals surface area contributed by atoms with Crippen molar-refractivity contribution in [3.8, 4) is 0 Å². The second-order valence-electron chi connectivity index (χ2n) is 11.2. The number of fused-ring (bicyclic) bond motifs is 2. The zero-order valence-corrected chi connectivity index (χ0v) is 24.2. The van der Waals surface area contributed by atoms with Crippen LogP contribution in [0.2, 0.25) is 0 Å². The molecule has 1 saturated carbocycles. The Hall–Kier alpha value is -3.21. The van der Waals surface area contributed by atoms with Crippen molar-refractivity contribution in [2.75, 3.05) is 0 Å². The molecule has 0 aromatic heterocycles. The van der Waals surface area contributed by atoms with Gasteiger partial charge in [-0.3, -0.25) is 24.0 Å². The van der Waals surface area contributed by atoms with E-state index < -0.39 is 83.2 Å². The SMILES string of the molecule is C=C1[C@@H](OC(=O)CC)C[C@@H](OC(C)=O)[C@@]2(C)[C@H](OC(C)=O)CC/C(C)=C\[C@H]3OC(=O)[C@@H](C)[C@]3(O)[C@H](OC(C)=O)[C@H]12. The number of carbonyl (C=O) groups excluding carboxylic acids is 5. The number of hydrogen-bond acceptors (Lipinski definition) is 11. The summed E-state index contributed by atoms with van der Waals surface area (Å²) in [4.78, 5) is 62.7. The van der Waals surface area contributed by atoms with Crippen LogP contribution < -0.4 is 0 Å². The number of aliphatic hydroxyl groups is 1. The lowest BCUT2D eigenvalue weighted by atomic mass is 9.54. The highest BCUT2D eigenvalue weighted by Gasteiger charge is 2.68. The summed E-state index contributed by atoms with van der Waals surface area (Å²) in [6.07, 6.45) is -3.35. The molecule has 0 bridgehead atoms. The summed E-state index contributed by atoms with van der Waals surface area (Å²) in [5.41, 5.74) is -2.46. The maximum atomic E-state index is 12.9. The van der Waals surface area contributed by atoms with Gasteiger partial charge in [-0.25, -0.2) is 0 Å². The van der Waals surface area contributed by atoms with Gasteiger partial charge in [-0.05, 0) is 38.3 Å². The van der Waals surface area contributed by atoms with Crippen LogP contribution in [0.4, 0.5) is 0 Å². The summed E-state index contributed by atoms with van der Waals surface area (Å²) in [7, 11) is 0. The molecular weight excluding hydrogens is 524 g/mol. The van der Waals surface area contributed by atoms with E-state index in [1.807, 2.05) is 0 Å². The van der Waals surface area contributed by atoms with Gasteiger partial charge in [-0.2, -0.15) is 0 Å². The van der Waals surface area contributed by atoms with E-state index in [1.165, 1.54) is 20.8 Å². The topological polar surface area (TPSA) is 152 Å². The smallest absolute Gasteiger partial charge is 0.312 e. The van der Waals surface area contributed by atoms with Gasteiger partial charge in [0.05, 0.1) is 11.3 Å². The lowest BCUT2D eigenvalue weighted by Crippen LogP contribution is -2.67. The largest absolute Gasteiger partial charge is 0.462 e. The quantitative estimate of drug-likeness (QED) is 0.298. The number of ether oxygens (including phenoxy) is 5. The molecule has 1 aliphatic heterocycles. The van der Waals surface area contributed by atoms with Crippen molar-refractivity contribution in [2.45, 2.75) is 110 Å². The van der Waals surface area contributed by atoms with E-state index in [0.717, 1.165) is 12.5 Å². The minimum Gasteiger partial charge on any atom is -0.462 e. The first-order chi connectivity index (χ1) is 18.6. The van der Waals surface area contributed by atoms with Gasteiger partial charge in [0.1, 0.15) is 24.4 Å². The molecule has 2 fully saturated rings. The van der Waals surface area contributed by atoms with Crippen molar-refractivity contribution in [2.24, 2.45) is 17.3 Å². The molecule has 1 N–H and O–H groups in total. The van der Waals surface area contributed by atoms with Crippen LogP contribution in [0.5, 0.6) is 0 Å². The van der Waals surface area contributed by atoms with Crippen LogP contribution in [0.3, 0.4) is 0 Å². The number of allylic oxidation sites excluding steroid dienone is 1. The van der Waals surface area contributed by atoms with Crippen LogP contribution in [0, 0.1) is 17.3 Å². The van der Waals surface area contributed by atoms with E-state index in [2.05, 4.69) is 6.58 Å². The van der Waals surface area contributed by atoms with Gasteiger partial charge >= 0.3 is 29.8 Å². The summed E-state index contributed by atoms with van der Waals surface area (Å²) in [6, 6.07) is 0. The maximum absolute atomic E-state index is 12.9. The highest BCUT2D eigenvalue weighted by atomic mass is 16.6. The van der Waals surface area contributed by atoms with Gasteiger partial charge in [0.2, 0.25) is 0 Å². The Bertz CT molecular complexity index is 1110. The highest BCUT2D eigenvalue weighted by molar-refractivity contribution is 5.78. The van der Waals surface area contributed by atoms with Crippen molar-refractivity contribution in [3.05, 3.63) is 23.8 Å². The average molecular weight is 565 g/mol. The molecule has 3 rings (SSSR count). The zero-order valence-electron chi connectivity index (χ0n) is 24.2. The van der Waals surface area contributed by atoms with Gasteiger partial charge in [0, 0.05) is 39.5 Å². The molecule has 11 heteroatoms. The Labute approximate surface area is 234 Å². The first-order valence-corrected chi connectivity index (χ1v) is 13.6. The van der Waals surface area contributed by atoms with Crippen molar-refractivity contribution >= 4 is 29.8 Å². The molecule has 3 aliphatic rings. The minimum absolute atomic E-state index is 0.0105. The van der Waals surface area contributed by atoms with E-state index in [1.54, 1.807) is 26.8 Å². The molecule has 0 aromatic carbocycles. The number of hydrogen-bond donors (Lipinski definition) is 1. The average Bonchev–Trinajstić information content (AvgIpc) is 3.06. The summed E-state index contributed by atoms with van der Waals surface area (Å²) < 4.78 is 28.8. The van der Waals surface area contributed by atoms with Crippen LogP contribution in [0.25, 0.3) is 0 Å². The van der Waals surface area contributed by atoms with E-state index in [-0.39, 0.29) is 24.8 Å². The molecule has 0 radical (unpaired) electrons. The Morgan fingerprint density at radius 2 is 1.62 bits per heavy atom. The van der Waals surface area contributed by atoms with Gasteiger partial charge < -0.3 is 28.8 Å². The summed E-state index contributed by atoms with van der Waals surface area (Å²) >= 11 is 0. The van der Waals surface area contributed by atoms with Gasteiger partial charge in [0.25, 0.3) is 0 Å². The lowest BCUT2D eigenvalue weighted by molar-refractivity contribution is -0.226. The number of esters is 5. The highest BCUT2D eigenvalue weighted by Crippen LogP contribution is 2.56. The molecular formula is C29H40O11. The molecule has 9 atom stereocenters. The van der Waals surface area contributed by atoms with E-state index in [4.69, 9.17) is 23.7 Å². The van der Waals surface area contributed by atoms with Crippen LogP contribution in [0.1, 0.15) is 74.1 Å². The van der Waals surface area contributed by atoms with Crippen LogP contribution >= 0.6 is 0 Å². The maximum Gasteiger partial charge on any atom is 0.312 e. The third kappa shape index (κ3) is 5.66. The van der Waals surface area contributed by atoms with Crippen molar-refractivity contribution in [3.63, 3.8) is 0 Å². The normalized spacial score (nSPS) is 38.9. The van der Waals surface area contributed by atoms with Crippen molar-refractivity contribution in [1.82, 2.24) is 0 Å². The second kappa shape index (κ2) is 11.7. The molecule has 11 nitrogen and oxygen atoms in total. The fourth-order valence-corrected chi connectivity index (χ4v) is 6.41. The molecule has 2 aliphatic carbocycles. The van der Waals surface area contributed by atoms with Gasteiger partial charge in [-0.1, -0.05) is 26.0 Å². The molecule has 0 amide bonds. The standard InChI is InChI=1S/C29H40O11/c1-9-24(33)39-20-13-22(37-18(6)31)28(8)21(36-17(5)30)11-10-14(2)12-23-29(35,16(4)27(34)40-23)26(38-19(7)32)25(28)15(20)3/h12,16,20-23,25-26,35H,3,9-11,13H2,1-2,4-8H3/b14-12-/t16-,20+,21-,22-,23-,25+,26-,28-,29-/m1/s1. The van der Waals surface area contributed by atoms with Crippen molar-refractivity contribution in [1.29, 1.82) is 0 Å². The fraction of sp³-hybridized carbons (Fsp3) is 0.690. The molecule has 0 unspecified atom stereocenters. The van der Waals surface area contributed by atoms with E-state index >= 15 is 0 Å². The van der Waals surface area contributed by atoms with Gasteiger partial charge in [-0.15, -0.1) is 0 Å². The van der Waals surface area contributed by atoms with Crippen LogP contribution in [-0.4, -0.2) is 71.1 Å². The van der Waals surface area contributed by atoms with Crippen molar-refractivity contribution < 1.29 is 52.8 Å². The molecule has 0 aromatic rings. The minimum atomic E-state index is -2.10. The Morgan fingerprint density at radius 1 is 1.05 bits per heavy atom. The summed E-state index contributed by atoms with van der Waals surface area (Å²) in [5, 5.41) is 12.4. The molecule has 222 valence electrons. The Morgan fingerprint density at radius 3 is 2.17 bits per heavy atom. The third-order valence-electron chi connectivity index (χ3n) is 8.51. The first kappa shape index (κ1) is 31.3. The molecule has 40 heavy (non-hydrogen) atoms. The Balaban J connectivity index is 2.39. The van der Waals surface area contributed by atoms with E-state index in [9.17, 15) is 29.1 Å². The predicted molar refractivity (Wildman–Crippen MR) is 139 cm³/mol. The van der Waals surface area contributed by atoms with Gasteiger partial charge in [0.15, 0.2) is 11.7 Å². The molecule has 1 saturated heterocycles.